The minimum atomic E-state index is -0.750. The molecule has 132 valence electrons. The van der Waals surface area contributed by atoms with Gasteiger partial charge in [-0.2, -0.15) is 0 Å². The van der Waals surface area contributed by atoms with E-state index >= 15 is 0 Å². The summed E-state index contributed by atoms with van der Waals surface area (Å²) in [6.07, 6.45) is -0.750. The number of carbonyl (C=O) groups is 2. The summed E-state index contributed by atoms with van der Waals surface area (Å²) in [5.41, 5.74) is 6.75. The van der Waals surface area contributed by atoms with Gasteiger partial charge in [-0.15, -0.1) is 0 Å². The molecule has 6 nitrogen and oxygen atoms in total. The average Bonchev–Trinajstić information content (AvgIpc) is 2.59. The van der Waals surface area contributed by atoms with Crippen molar-refractivity contribution in [3.8, 4) is 11.5 Å². The van der Waals surface area contributed by atoms with E-state index in [1.54, 1.807) is 25.1 Å². The molecule has 2 N–H and O–H groups in total. The van der Waals surface area contributed by atoms with Crippen molar-refractivity contribution in [1.29, 1.82) is 0 Å². The van der Waals surface area contributed by atoms with Gasteiger partial charge in [0.15, 0.2) is 12.7 Å². The van der Waals surface area contributed by atoms with Crippen molar-refractivity contribution in [2.24, 2.45) is 0 Å². The monoisotopic (exact) mass is 342 g/mol. The number of amides is 2. The molecular weight excluding hydrogens is 320 g/mol. The highest BCUT2D eigenvalue weighted by atomic mass is 16.5. The molecule has 0 aliphatic rings. The zero-order valence-corrected chi connectivity index (χ0v) is 14.5. The molecule has 1 atom stereocenters. The van der Waals surface area contributed by atoms with Crippen molar-refractivity contribution in [3.63, 3.8) is 0 Å². The second-order valence-electron chi connectivity index (χ2n) is 5.72. The molecule has 0 aliphatic carbocycles. The van der Waals surface area contributed by atoms with E-state index < -0.39 is 17.9 Å². The number of hydrogen-bond donors (Lipinski definition) is 2. The number of nitrogens with one attached hydrogen (secondary N) is 2. The van der Waals surface area contributed by atoms with Crippen LogP contribution in [0.15, 0.2) is 48.5 Å². The van der Waals surface area contributed by atoms with Crippen molar-refractivity contribution >= 4 is 11.8 Å². The molecule has 0 fully saturated rings. The summed E-state index contributed by atoms with van der Waals surface area (Å²) in [7, 11) is 0. The van der Waals surface area contributed by atoms with Crippen LogP contribution in [0.2, 0.25) is 0 Å². The van der Waals surface area contributed by atoms with Crippen molar-refractivity contribution in [3.05, 3.63) is 59.7 Å². The predicted octanol–water partition coefficient (Wildman–Crippen LogP) is 2.30. The average molecular weight is 342 g/mol. The summed E-state index contributed by atoms with van der Waals surface area (Å²) >= 11 is 0. The van der Waals surface area contributed by atoms with E-state index in [9.17, 15) is 9.59 Å². The Morgan fingerprint density at radius 1 is 0.960 bits per heavy atom. The van der Waals surface area contributed by atoms with E-state index in [0.29, 0.717) is 11.5 Å². The predicted molar refractivity (Wildman–Crippen MR) is 94.2 cm³/mol. The first-order valence-corrected chi connectivity index (χ1v) is 7.95. The van der Waals surface area contributed by atoms with Crippen LogP contribution in [0.25, 0.3) is 0 Å². The maximum atomic E-state index is 12.0. The van der Waals surface area contributed by atoms with Crippen LogP contribution in [0.3, 0.4) is 0 Å². The van der Waals surface area contributed by atoms with Crippen LogP contribution in [-0.2, 0) is 9.59 Å². The summed E-state index contributed by atoms with van der Waals surface area (Å²) in [6, 6.07) is 14.7. The van der Waals surface area contributed by atoms with Crippen molar-refractivity contribution in [2.75, 3.05) is 6.61 Å². The zero-order chi connectivity index (χ0) is 18.2. The fraction of sp³-hybridized carbons (Fsp3) is 0.263. The Bertz CT molecular complexity index is 728. The van der Waals surface area contributed by atoms with Crippen LogP contribution >= 0.6 is 0 Å². The third-order valence-electron chi connectivity index (χ3n) is 3.39. The molecule has 0 spiro atoms. The van der Waals surface area contributed by atoms with Crippen LogP contribution in [-0.4, -0.2) is 24.5 Å². The number of ether oxygens (including phenoxy) is 2. The van der Waals surface area contributed by atoms with E-state index in [1.165, 1.54) is 0 Å². The molecule has 0 heterocycles. The maximum absolute atomic E-state index is 12.0. The van der Waals surface area contributed by atoms with Crippen molar-refractivity contribution < 1.29 is 19.1 Å². The summed E-state index contributed by atoms with van der Waals surface area (Å²) < 4.78 is 10.9. The third kappa shape index (κ3) is 6.18. The van der Waals surface area contributed by atoms with E-state index in [1.807, 2.05) is 44.2 Å². The van der Waals surface area contributed by atoms with Crippen molar-refractivity contribution in [1.82, 2.24) is 10.9 Å². The summed E-state index contributed by atoms with van der Waals surface area (Å²) in [5.74, 6) is 0.266. The Kier molecular flexibility index (Phi) is 6.39. The number of hydrazine groups is 1. The van der Waals surface area contributed by atoms with Gasteiger partial charge in [0.05, 0.1) is 0 Å². The molecule has 2 aromatic rings. The lowest BCUT2D eigenvalue weighted by atomic mass is 10.2. The summed E-state index contributed by atoms with van der Waals surface area (Å²) in [6.45, 7) is 5.31. The van der Waals surface area contributed by atoms with Crippen molar-refractivity contribution in [2.45, 2.75) is 26.9 Å². The van der Waals surface area contributed by atoms with E-state index in [0.717, 1.165) is 11.1 Å². The molecule has 2 aromatic carbocycles. The lowest BCUT2D eigenvalue weighted by Crippen LogP contribution is -2.48. The SMILES string of the molecule is Cc1ccc(OCC(=O)NNC(=O)[C@@H](C)Oc2cccc(C)c2)cc1. The minimum absolute atomic E-state index is 0.198. The molecule has 2 amide bonds. The summed E-state index contributed by atoms with van der Waals surface area (Å²) in [4.78, 5) is 23.7. The molecule has 25 heavy (non-hydrogen) atoms. The Morgan fingerprint density at radius 3 is 2.36 bits per heavy atom. The van der Waals surface area contributed by atoms with Gasteiger partial charge in [-0.1, -0.05) is 29.8 Å². The molecule has 0 aromatic heterocycles. The van der Waals surface area contributed by atoms with E-state index in [2.05, 4.69) is 10.9 Å². The van der Waals surface area contributed by atoms with Crippen LogP contribution in [0.1, 0.15) is 18.1 Å². The highest BCUT2D eigenvalue weighted by Crippen LogP contribution is 2.14. The molecule has 0 saturated carbocycles. The molecule has 2 rings (SSSR count). The Hall–Kier alpha value is -3.02. The summed E-state index contributed by atoms with van der Waals surface area (Å²) in [5, 5.41) is 0. The molecule has 0 aliphatic heterocycles. The lowest BCUT2D eigenvalue weighted by Gasteiger charge is -2.15. The van der Waals surface area contributed by atoms with Gasteiger partial charge < -0.3 is 9.47 Å². The smallest absolute Gasteiger partial charge is 0.279 e. The Labute approximate surface area is 147 Å². The molecular formula is C19H22N2O4. The van der Waals surface area contributed by atoms with E-state index in [4.69, 9.17) is 9.47 Å². The highest BCUT2D eigenvalue weighted by molar-refractivity contribution is 5.85. The number of hydrogen-bond acceptors (Lipinski definition) is 4. The molecule has 0 saturated heterocycles. The molecule has 0 radical (unpaired) electrons. The number of aryl methyl sites for hydroxylation is 2. The van der Waals surface area contributed by atoms with Gasteiger partial charge in [-0.3, -0.25) is 20.4 Å². The first-order valence-electron chi connectivity index (χ1n) is 7.95. The number of carbonyl (C=O) groups excluding carboxylic acids is 2. The first-order chi connectivity index (χ1) is 11.9. The first kappa shape index (κ1) is 18.3. The largest absolute Gasteiger partial charge is 0.484 e. The van der Waals surface area contributed by atoms with Crippen LogP contribution in [0, 0.1) is 13.8 Å². The van der Waals surface area contributed by atoms with E-state index in [-0.39, 0.29) is 6.61 Å². The Morgan fingerprint density at radius 2 is 1.68 bits per heavy atom. The fourth-order valence-electron chi connectivity index (χ4n) is 2.00. The fourth-order valence-corrected chi connectivity index (χ4v) is 2.00. The quantitative estimate of drug-likeness (QED) is 0.790. The van der Waals surface area contributed by atoms with Gasteiger partial charge in [0.1, 0.15) is 11.5 Å². The third-order valence-corrected chi connectivity index (χ3v) is 3.39. The van der Waals surface area contributed by atoms with Gasteiger partial charge >= 0.3 is 0 Å². The van der Waals surface area contributed by atoms with Gasteiger partial charge in [0, 0.05) is 0 Å². The molecule has 6 heteroatoms. The van der Waals surface area contributed by atoms with Gasteiger partial charge in [-0.05, 0) is 50.6 Å². The second-order valence-corrected chi connectivity index (χ2v) is 5.72. The topological polar surface area (TPSA) is 76.7 Å². The molecule has 0 bridgehead atoms. The van der Waals surface area contributed by atoms with Crippen LogP contribution in [0.5, 0.6) is 11.5 Å². The lowest BCUT2D eigenvalue weighted by molar-refractivity contribution is -0.133. The van der Waals surface area contributed by atoms with Gasteiger partial charge in [0.25, 0.3) is 11.8 Å². The van der Waals surface area contributed by atoms with Gasteiger partial charge in [-0.25, -0.2) is 0 Å². The van der Waals surface area contributed by atoms with Gasteiger partial charge in [0.2, 0.25) is 0 Å². The minimum Gasteiger partial charge on any atom is -0.484 e. The highest BCUT2D eigenvalue weighted by Gasteiger charge is 2.15. The second kappa shape index (κ2) is 8.73. The number of benzene rings is 2. The normalized spacial score (nSPS) is 11.3. The number of rotatable bonds is 6. The van der Waals surface area contributed by atoms with Crippen LogP contribution < -0.4 is 20.3 Å². The zero-order valence-electron chi connectivity index (χ0n) is 14.5. The Balaban J connectivity index is 1.72. The standard InChI is InChI=1S/C19H22N2O4/c1-13-7-9-16(10-8-13)24-12-18(22)20-21-19(23)15(3)25-17-6-4-5-14(2)11-17/h4-11,15H,12H2,1-3H3,(H,20,22)(H,21,23)/t15-/m1/s1. The van der Waals surface area contributed by atoms with Crippen LogP contribution in [0.4, 0.5) is 0 Å². The maximum Gasteiger partial charge on any atom is 0.279 e. The molecule has 0 unspecified atom stereocenters.